The molecule has 112 valence electrons. The number of aliphatic hydroxyl groups is 1. The number of hydrogen-bond acceptors (Lipinski definition) is 5. The summed E-state index contributed by atoms with van der Waals surface area (Å²) in [4.78, 5) is 15.4. The number of pyridine rings is 1. The van der Waals surface area contributed by atoms with Gasteiger partial charge in [-0.05, 0) is 30.5 Å². The predicted molar refractivity (Wildman–Crippen MR) is 78.5 cm³/mol. The van der Waals surface area contributed by atoms with Gasteiger partial charge in [0.25, 0.3) is 5.91 Å². The molecule has 2 rings (SSSR count). The maximum Gasteiger partial charge on any atom is 0.269 e. The third-order valence-electron chi connectivity index (χ3n) is 3.08. The van der Waals surface area contributed by atoms with Gasteiger partial charge in [0.1, 0.15) is 0 Å². The van der Waals surface area contributed by atoms with E-state index in [2.05, 4.69) is 10.1 Å². The first-order chi connectivity index (χ1) is 10.1. The van der Waals surface area contributed by atoms with Crippen molar-refractivity contribution in [2.24, 2.45) is 5.73 Å². The summed E-state index contributed by atoms with van der Waals surface area (Å²) >= 11 is 0. The number of rotatable bonds is 7. The van der Waals surface area contributed by atoms with Gasteiger partial charge in [-0.25, -0.2) is 4.98 Å². The second-order valence-electron chi connectivity index (χ2n) is 4.82. The molecular formula is C14H19N5O2. The predicted octanol–water partition coefficient (Wildman–Crippen LogP) is 0.322. The smallest absolute Gasteiger partial charge is 0.269 e. The van der Waals surface area contributed by atoms with E-state index in [1.807, 2.05) is 10.9 Å². The van der Waals surface area contributed by atoms with Gasteiger partial charge >= 0.3 is 0 Å². The first-order valence-electron chi connectivity index (χ1n) is 6.77. The number of primary amides is 1. The van der Waals surface area contributed by atoms with Crippen LogP contribution < -0.4 is 11.5 Å². The highest BCUT2D eigenvalue weighted by molar-refractivity contribution is 5.95. The SMILES string of the molecule is NC(=O)c1nc(Cc2cnn(CCCCO)c2)ccc1N. The van der Waals surface area contributed by atoms with E-state index in [0.29, 0.717) is 12.1 Å². The van der Waals surface area contributed by atoms with Crippen molar-refractivity contribution in [3.8, 4) is 0 Å². The van der Waals surface area contributed by atoms with Gasteiger partial charge in [0.05, 0.1) is 11.9 Å². The minimum atomic E-state index is -0.631. The molecule has 0 saturated carbocycles. The Labute approximate surface area is 122 Å². The molecule has 0 saturated heterocycles. The van der Waals surface area contributed by atoms with Gasteiger partial charge in [-0.15, -0.1) is 0 Å². The van der Waals surface area contributed by atoms with Crippen LogP contribution in [0.3, 0.4) is 0 Å². The maximum absolute atomic E-state index is 11.2. The van der Waals surface area contributed by atoms with Crippen LogP contribution in [0, 0.1) is 0 Å². The molecule has 0 aromatic carbocycles. The van der Waals surface area contributed by atoms with Crippen LogP contribution in [0.5, 0.6) is 0 Å². The molecule has 0 fully saturated rings. The molecule has 0 atom stereocenters. The Morgan fingerprint density at radius 2 is 2.14 bits per heavy atom. The van der Waals surface area contributed by atoms with Crippen molar-refractivity contribution in [1.29, 1.82) is 0 Å². The molecule has 0 bridgehead atoms. The zero-order valence-electron chi connectivity index (χ0n) is 11.7. The third-order valence-corrected chi connectivity index (χ3v) is 3.08. The Morgan fingerprint density at radius 3 is 2.86 bits per heavy atom. The van der Waals surface area contributed by atoms with E-state index in [1.165, 1.54) is 0 Å². The van der Waals surface area contributed by atoms with Gasteiger partial charge in [-0.1, -0.05) is 0 Å². The summed E-state index contributed by atoms with van der Waals surface area (Å²) < 4.78 is 1.83. The lowest BCUT2D eigenvalue weighted by atomic mass is 10.1. The zero-order chi connectivity index (χ0) is 15.2. The topological polar surface area (TPSA) is 120 Å². The number of nitrogens with zero attached hydrogens (tertiary/aromatic N) is 3. The highest BCUT2D eigenvalue weighted by Gasteiger charge is 2.09. The highest BCUT2D eigenvalue weighted by Crippen LogP contribution is 2.13. The van der Waals surface area contributed by atoms with Crippen LogP contribution in [0.25, 0.3) is 0 Å². The summed E-state index contributed by atoms with van der Waals surface area (Å²) in [5.74, 6) is -0.631. The summed E-state index contributed by atoms with van der Waals surface area (Å²) in [6.45, 7) is 0.960. The number of nitrogens with two attached hydrogens (primary N) is 2. The molecule has 0 aliphatic rings. The maximum atomic E-state index is 11.2. The fourth-order valence-corrected chi connectivity index (χ4v) is 2.02. The summed E-state index contributed by atoms with van der Waals surface area (Å²) in [5, 5.41) is 13.0. The Bertz CT molecular complexity index is 624. The van der Waals surface area contributed by atoms with Gasteiger partial charge in [0.15, 0.2) is 5.69 Å². The average Bonchev–Trinajstić information content (AvgIpc) is 2.88. The number of amides is 1. The Kier molecular flexibility index (Phi) is 4.89. The van der Waals surface area contributed by atoms with E-state index in [-0.39, 0.29) is 18.0 Å². The van der Waals surface area contributed by atoms with E-state index in [4.69, 9.17) is 16.6 Å². The summed E-state index contributed by atoms with van der Waals surface area (Å²) in [5.41, 5.74) is 13.0. The Morgan fingerprint density at radius 1 is 1.33 bits per heavy atom. The molecule has 0 spiro atoms. The van der Waals surface area contributed by atoms with Crippen molar-refractivity contribution < 1.29 is 9.90 Å². The fourth-order valence-electron chi connectivity index (χ4n) is 2.02. The van der Waals surface area contributed by atoms with E-state index < -0.39 is 5.91 Å². The molecule has 0 unspecified atom stereocenters. The molecule has 7 heteroatoms. The third kappa shape index (κ3) is 4.03. The molecule has 5 N–H and O–H groups in total. The van der Waals surface area contributed by atoms with Gasteiger partial charge < -0.3 is 16.6 Å². The number of aliphatic hydroxyl groups excluding tert-OH is 1. The van der Waals surface area contributed by atoms with Crippen molar-refractivity contribution in [3.63, 3.8) is 0 Å². The van der Waals surface area contributed by atoms with E-state index in [9.17, 15) is 4.79 Å². The lowest BCUT2D eigenvalue weighted by molar-refractivity contribution is 0.0996. The molecule has 0 radical (unpaired) electrons. The minimum Gasteiger partial charge on any atom is -0.397 e. The van der Waals surface area contributed by atoms with Gasteiger partial charge in [-0.2, -0.15) is 5.10 Å². The molecule has 2 heterocycles. The number of carbonyl (C=O) groups excluding carboxylic acids is 1. The van der Waals surface area contributed by atoms with E-state index in [0.717, 1.165) is 24.9 Å². The van der Waals surface area contributed by atoms with Gasteiger partial charge in [0.2, 0.25) is 0 Å². The summed E-state index contributed by atoms with van der Waals surface area (Å²) in [6, 6.07) is 3.40. The Hall–Kier alpha value is -2.41. The van der Waals surface area contributed by atoms with Gasteiger partial charge in [0, 0.05) is 31.5 Å². The molecule has 0 aliphatic heterocycles. The van der Waals surface area contributed by atoms with Crippen molar-refractivity contribution in [2.45, 2.75) is 25.8 Å². The first-order valence-corrected chi connectivity index (χ1v) is 6.77. The quantitative estimate of drug-likeness (QED) is 0.634. The van der Waals surface area contributed by atoms with Crippen molar-refractivity contribution in [3.05, 3.63) is 41.5 Å². The van der Waals surface area contributed by atoms with Crippen LogP contribution in [0.2, 0.25) is 0 Å². The molecule has 21 heavy (non-hydrogen) atoms. The Balaban J connectivity index is 2.05. The lowest BCUT2D eigenvalue weighted by Crippen LogP contribution is -2.16. The number of aryl methyl sites for hydroxylation is 1. The van der Waals surface area contributed by atoms with Crippen LogP contribution in [0.4, 0.5) is 5.69 Å². The summed E-state index contributed by atoms with van der Waals surface area (Å²) in [6.07, 6.45) is 5.89. The normalized spacial score (nSPS) is 10.7. The van der Waals surface area contributed by atoms with Crippen molar-refractivity contribution in [2.75, 3.05) is 12.3 Å². The zero-order valence-corrected chi connectivity index (χ0v) is 11.7. The van der Waals surface area contributed by atoms with Crippen molar-refractivity contribution in [1.82, 2.24) is 14.8 Å². The average molecular weight is 289 g/mol. The number of unbranched alkanes of at least 4 members (excludes halogenated alkanes) is 1. The molecular weight excluding hydrogens is 270 g/mol. The second-order valence-corrected chi connectivity index (χ2v) is 4.82. The first kappa shape index (κ1) is 15.0. The van der Waals surface area contributed by atoms with E-state index in [1.54, 1.807) is 18.3 Å². The number of nitrogen functional groups attached to an aromatic ring is 1. The summed E-state index contributed by atoms with van der Waals surface area (Å²) in [7, 11) is 0. The monoisotopic (exact) mass is 289 g/mol. The van der Waals surface area contributed by atoms with Crippen LogP contribution in [0.15, 0.2) is 24.5 Å². The number of aromatic nitrogens is 3. The molecule has 2 aromatic rings. The fraction of sp³-hybridized carbons (Fsp3) is 0.357. The standard InChI is InChI=1S/C14H19N5O2/c15-12-4-3-11(18-13(12)14(16)21)7-10-8-17-19(9-10)5-1-2-6-20/h3-4,8-9,20H,1-2,5-7,15H2,(H2,16,21). The largest absolute Gasteiger partial charge is 0.397 e. The van der Waals surface area contributed by atoms with Crippen molar-refractivity contribution >= 4 is 11.6 Å². The van der Waals surface area contributed by atoms with Gasteiger partial charge in [-0.3, -0.25) is 9.48 Å². The lowest BCUT2D eigenvalue weighted by Gasteiger charge is -2.04. The van der Waals surface area contributed by atoms with Crippen LogP contribution in [-0.4, -0.2) is 32.4 Å². The molecule has 1 amide bonds. The second kappa shape index (κ2) is 6.85. The number of hydrogen-bond donors (Lipinski definition) is 3. The minimum absolute atomic E-state index is 0.0998. The molecule has 2 aromatic heterocycles. The number of carbonyl (C=O) groups is 1. The highest BCUT2D eigenvalue weighted by atomic mass is 16.2. The number of anilines is 1. The van der Waals surface area contributed by atoms with Crippen LogP contribution in [-0.2, 0) is 13.0 Å². The molecule has 0 aliphatic carbocycles. The molecule has 7 nitrogen and oxygen atoms in total. The van der Waals surface area contributed by atoms with Crippen LogP contribution in [0.1, 0.15) is 34.6 Å². The van der Waals surface area contributed by atoms with Crippen LogP contribution >= 0.6 is 0 Å². The van der Waals surface area contributed by atoms with E-state index >= 15 is 0 Å².